The van der Waals surface area contributed by atoms with Gasteiger partial charge in [0.1, 0.15) is 11.6 Å². The Balaban J connectivity index is 3.44. The summed E-state index contributed by atoms with van der Waals surface area (Å²) in [6, 6.07) is 4.80. The highest BCUT2D eigenvalue weighted by Crippen LogP contribution is 2.26. The van der Waals surface area contributed by atoms with Crippen LogP contribution < -0.4 is 4.74 Å². The summed E-state index contributed by atoms with van der Waals surface area (Å²) in [4.78, 5) is 11.4. The van der Waals surface area contributed by atoms with Gasteiger partial charge in [-0.2, -0.15) is 5.26 Å². The van der Waals surface area contributed by atoms with Crippen molar-refractivity contribution in [2.45, 2.75) is 6.61 Å². The highest BCUT2D eigenvalue weighted by molar-refractivity contribution is 5.93. The van der Waals surface area contributed by atoms with Gasteiger partial charge in [0.25, 0.3) is 0 Å². The number of carbonyl (C=O) groups is 1. The van der Waals surface area contributed by atoms with E-state index in [0.717, 1.165) is 0 Å². The van der Waals surface area contributed by atoms with Gasteiger partial charge >= 0.3 is 5.97 Å². The normalized spacial score (nSPS) is 9.38. The van der Waals surface area contributed by atoms with Crippen LogP contribution in [0.4, 0.5) is 0 Å². The third-order valence-corrected chi connectivity index (χ3v) is 2.06. The molecule has 5 nitrogen and oxygen atoms in total. The molecule has 0 heterocycles. The molecule has 0 aliphatic carbocycles. The van der Waals surface area contributed by atoms with Crippen LogP contribution in [-0.4, -0.2) is 25.3 Å². The lowest BCUT2D eigenvalue weighted by atomic mass is 10.0. The smallest absolute Gasteiger partial charge is 0.341 e. The first-order chi connectivity index (χ1) is 7.67. The summed E-state index contributed by atoms with van der Waals surface area (Å²) in [5.41, 5.74) is 0.778. The van der Waals surface area contributed by atoms with E-state index >= 15 is 0 Å². The molecule has 16 heavy (non-hydrogen) atoms. The number of aliphatic hydroxyl groups excluding tert-OH is 1. The molecule has 0 radical (unpaired) electrons. The number of rotatable bonds is 3. The van der Waals surface area contributed by atoms with Crippen LogP contribution in [0, 0.1) is 11.3 Å². The molecular formula is C11H11NO4. The van der Waals surface area contributed by atoms with E-state index in [1.807, 2.05) is 6.07 Å². The van der Waals surface area contributed by atoms with Crippen molar-refractivity contribution in [3.8, 4) is 11.8 Å². The lowest BCUT2D eigenvalue weighted by molar-refractivity contribution is 0.0597. The Labute approximate surface area is 92.8 Å². The van der Waals surface area contributed by atoms with Crippen LogP contribution in [0.15, 0.2) is 12.1 Å². The summed E-state index contributed by atoms with van der Waals surface area (Å²) >= 11 is 0. The van der Waals surface area contributed by atoms with Gasteiger partial charge in [0.15, 0.2) is 5.75 Å². The van der Waals surface area contributed by atoms with E-state index in [9.17, 15) is 4.79 Å². The second-order valence-corrected chi connectivity index (χ2v) is 2.99. The van der Waals surface area contributed by atoms with Gasteiger partial charge in [0.2, 0.25) is 0 Å². The Morgan fingerprint density at radius 1 is 1.50 bits per heavy atom. The van der Waals surface area contributed by atoms with Crippen molar-refractivity contribution in [1.82, 2.24) is 0 Å². The fourth-order valence-electron chi connectivity index (χ4n) is 1.34. The number of benzene rings is 1. The van der Waals surface area contributed by atoms with Crippen molar-refractivity contribution in [3.63, 3.8) is 0 Å². The third kappa shape index (κ3) is 2.12. The van der Waals surface area contributed by atoms with Crippen LogP contribution in [0.1, 0.15) is 21.5 Å². The number of aliphatic hydroxyl groups is 1. The molecule has 0 aliphatic rings. The monoisotopic (exact) mass is 221 g/mol. The zero-order chi connectivity index (χ0) is 12.1. The standard InChI is InChI=1S/C11H11NO4/c1-15-10-8(5-12)3-7(6-13)4-9(10)11(14)16-2/h3-4,13H,6H2,1-2H3. The fourth-order valence-corrected chi connectivity index (χ4v) is 1.34. The minimum Gasteiger partial charge on any atom is -0.494 e. The lowest BCUT2D eigenvalue weighted by Gasteiger charge is -2.10. The topological polar surface area (TPSA) is 79.5 Å². The molecule has 0 unspecified atom stereocenters. The van der Waals surface area contributed by atoms with E-state index in [4.69, 9.17) is 15.1 Å². The largest absolute Gasteiger partial charge is 0.494 e. The van der Waals surface area contributed by atoms with Crippen LogP contribution in [0.3, 0.4) is 0 Å². The van der Waals surface area contributed by atoms with Gasteiger partial charge in [0.05, 0.1) is 26.4 Å². The number of hydrogen-bond donors (Lipinski definition) is 1. The molecule has 1 aromatic rings. The Hall–Kier alpha value is -2.06. The van der Waals surface area contributed by atoms with Gasteiger partial charge in [-0.25, -0.2) is 4.79 Å². The molecular weight excluding hydrogens is 210 g/mol. The van der Waals surface area contributed by atoms with Crippen LogP contribution in [0.5, 0.6) is 5.75 Å². The lowest BCUT2D eigenvalue weighted by Crippen LogP contribution is -2.06. The maximum Gasteiger partial charge on any atom is 0.341 e. The van der Waals surface area contributed by atoms with Gasteiger partial charge in [-0.05, 0) is 17.7 Å². The zero-order valence-corrected chi connectivity index (χ0v) is 8.98. The number of carbonyl (C=O) groups excluding carboxylic acids is 1. The maximum atomic E-state index is 11.4. The number of esters is 1. The van der Waals surface area contributed by atoms with Gasteiger partial charge < -0.3 is 14.6 Å². The van der Waals surface area contributed by atoms with Gasteiger partial charge in [0, 0.05) is 0 Å². The Morgan fingerprint density at radius 2 is 2.19 bits per heavy atom. The van der Waals surface area contributed by atoms with Crippen LogP contribution in [0.25, 0.3) is 0 Å². The van der Waals surface area contributed by atoms with E-state index in [1.54, 1.807) is 0 Å². The van der Waals surface area contributed by atoms with Crippen molar-refractivity contribution in [2.24, 2.45) is 0 Å². The van der Waals surface area contributed by atoms with Crippen LogP contribution >= 0.6 is 0 Å². The molecule has 0 aromatic heterocycles. The summed E-state index contributed by atoms with van der Waals surface area (Å²) in [5.74, 6) is -0.449. The van der Waals surface area contributed by atoms with Crippen LogP contribution in [0.2, 0.25) is 0 Å². The molecule has 0 saturated heterocycles. The van der Waals surface area contributed by atoms with Crippen molar-refractivity contribution < 1.29 is 19.4 Å². The number of methoxy groups -OCH3 is 2. The summed E-state index contributed by atoms with van der Waals surface area (Å²) in [7, 11) is 2.60. The summed E-state index contributed by atoms with van der Waals surface area (Å²) in [6.07, 6.45) is 0. The molecule has 0 spiro atoms. The number of nitrogens with zero attached hydrogens (tertiary/aromatic N) is 1. The predicted octanol–water partition coefficient (Wildman–Crippen LogP) is 0.846. The third-order valence-electron chi connectivity index (χ3n) is 2.06. The quantitative estimate of drug-likeness (QED) is 0.765. The van der Waals surface area contributed by atoms with Crippen molar-refractivity contribution in [1.29, 1.82) is 5.26 Å². The molecule has 5 heteroatoms. The SMILES string of the molecule is COC(=O)c1cc(CO)cc(C#N)c1OC. The molecule has 1 rings (SSSR count). The number of nitriles is 1. The average molecular weight is 221 g/mol. The number of hydrogen-bond acceptors (Lipinski definition) is 5. The Morgan fingerprint density at radius 3 is 2.62 bits per heavy atom. The molecule has 0 fully saturated rings. The first-order valence-corrected chi connectivity index (χ1v) is 4.48. The van der Waals surface area contributed by atoms with Gasteiger partial charge in [-0.15, -0.1) is 0 Å². The fraction of sp³-hybridized carbons (Fsp3) is 0.273. The highest BCUT2D eigenvalue weighted by atomic mass is 16.5. The second-order valence-electron chi connectivity index (χ2n) is 2.99. The molecule has 1 aromatic carbocycles. The van der Waals surface area contributed by atoms with E-state index in [-0.39, 0.29) is 23.5 Å². The van der Waals surface area contributed by atoms with Crippen molar-refractivity contribution in [3.05, 3.63) is 28.8 Å². The summed E-state index contributed by atoms with van der Waals surface area (Å²) in [5, 5.41) is 17.9. The first-order valence-electron chi connectivity index (χ1n) is 4.48. The van der Waals surface area contributed by atoms with E-state index in [0.29, 0.717) is 5.56 Å². The van der Waals surface area contributed by atoms with Crippen molar-refractivity contribution in [2.75, 3.05) is 14.2 Å². The molecule has 0 saturated carbocycles. The van der Waals surface area contributed by atoms with Crippen LogP contribution in [-0.2, 0) is 11.3 Å². The van der Waals surface area contributed by atoms with Crippen molar-refractivity contribution >= 4 is 5.97 Å². The minimum absolute atomic E-state index is 0.133. The van der Waals surface area contributed by atoms with Gasteiger partial charge in [-0.1, -0.05) is 0 Å². The zero-order valence-electron chi connectivity index (χ0n) is 8.98. The van der Waals surface area contributed by atoms with E-state index in [1.165, 1.54) is 26.4 Å². The Bertz CT molecular complexity index is 448. The molecule has 84 valence electrons. The Kier molecular flexibility index (Phi) is 3.86. The molecule has 1 N–H and O–H groups in total. The summed E-state index contributed by atoms with van der Waals surface area (Å²) in [6.45, 7) is -0.261. The maximum absolute atomic E-state index is 11.4. The van der Waals surface area contributed by atoms with E-state index in [2.05, 4.69) is 4.74 Å². The first kappa shape index (κ1) is 12.0. The predicted molar refractivity (Wildman–Crippen MR) is 55.0 cm³/mol. The minimum atomic E-state index is -0.608. The van der Waals surface area contributed by atoms with Gasteiger partial charge in [-0.3, -0.25) is 0 Å². The second kappa shape index (κ2) is 5.14. The molecule has 0 aliphatic heterocycles. The highest BCUT2D eigenvalue weighted by Gasteiger charge is 2.17. The average Bonchev–Trinajstić information content (AvgIpc) is 2.35. The molecule has 0 atom stereocenters. The molecule has 0 amide bonds. The summed E-state index contributed by atoms with van der Waals surface area (Å²) < 4.78 is 9.55. The molecule has 0 bridgehead atoms. The van der Waals surface area contributed by atoms with E-state index < -0.39 is 5.97 Å². The number of ether oxygens (including phenoxy) is 2.